The van der Waals surface area contributed by atoms with Crippen molar-refractivity contribution in [3.8, 4) is 0 Å². The molecule has 0 aliphatic carbocycles. The summed E-state index contributed by atoms with van der Waals surface area (Å²) in [5, 5.41) is 25.3. The smallest absolute Gasteiger partial charge is 0.311 e. The Kier molecular flexibility index (Phi) is 4.31. The highest BCUT2D eigenvalue weighted by Crippen LogP contribution is 2.23. The Hall–Kier alpha value is -2.42. The molecule has 0 aromatic carbocycles. The van der Waals surface area contributed by atoms with Crippen LogP contribution in [0.4, 0.5) is 11.5 Å². The van der Waals surface area contributed by atoms with E-state index in [0.717, 1.165) is 12.8 Å². The largest absolute Gasteiger partial charge is 0.409 e. The van der Waals surface area contributed by atoms with E-state index in [1.165, 1.54) is 12.1 Å². The van der Waals surface area contributed by atoms with Gasteiger partial charge in [-0.25, -0.2) is 4.98 Å². The standard InChI is InChI=1S/C11H15N5O4/c12-10(15-17)8-3-4-9(16(18)19)11(14-8)13-6-7-2-1-5-20-7/h3-4,7,17H,1-2,5-6H2,(H2,12,15)(H,13,14)/t7-/m1/s1. The number of nitro groups is 1. The summed E-state index contributed by atoms with van der Waals surface area (Å²) in [5.74, 6) is -0.130. The van der Waals surface area contributed by atoms with Crippen molar-refractivity contribution in [2.75, 3.05) is 18.5 Å². The second kappa shape index (κ2) is 6.15. The van der Waals surface area contributed by atoms with Gasteiger partial charge in [0.25, 0.3) is 0 Å². The molecular formula is C11H15N5O4. The molecule has 2 heterocycles. The molecule has 1 fully saturated rings. The van der Waals surface area contributed by atoms with Gasteiger partial charge in [0.2, 0.25) is 5.82 Å². The van der Waals surface area contributed by atoms with Crippen LogP contribution in [0, 0.1) is 10.1 Å². The van der Waals surface area contributed by atoms with Crippen LogP contribution in [0.25, 0.3) is 0 Å². The third-order valence-electron chi connectivity index (χ3n) is 2.96. The van der Waals surface area contributed by atoms with Crippen LogP contribution in [0.5, 0.6) is 0 Å². The summed E-state index contributed by atoms with van der Waals surface area (Å²) in [6, 6.07) is 2.59. The van der Waals surface area contributed by atoms with Crippen molar-refractivity contribution in [2.24, 2.45) is 10.9 Å². The summed E-state index contributed by atoms with van der Waals surface area (Å²) in [5.41, 5.74) is 5.41. The zero-order valence-corrected chi connectivity index (χ0v) is 10.7. The third kappa shape index (κ3) is 3.12. The molecular weight excluding hydrogens is 266 g/mol. The van der Waals surface area contributed by atoms with Crippen molar-refractivity contribution in [3.05, 3.63) is 27.9 Å². The molecule has 0 unspecified atom stereocenters. The van der Waals surface area contributed by atoms with Crippen LogP contribution >= 0.6 is 0 Å². The van der Waals surface area contributed by atoms with Gasteiger partial charge in [-0.15, -0.1) is 0 Å². The number of aromatic nitrogens is 1. The van der Waals surface area contributed by atoms with Crippen molar-refractivity contribution in [1.82, 2.24) is 4.98 Å². The normalized spacial score (nSPS) is 19.0. The first-order valence-corrected chi connectivity index (χ1v) is 6.10. The average molecular weight is 281 g/mol. The lowest BCUT2D eigenvalue weighted by Gasteiger charge is -2.12. The number of nitrogens with zero attached hydrogens (tertiary/aromatic N) is 3. The average Bonchev–Trinajstić information content (AvgIpc) is 2.97. The van der Waals surface area contributed by atoms with Crippen molar-refractivity contribution >= 4 is 17.3 Å². The van der Waals surface area contributed by atoms with Gasteiger partial charge in [0.15, 0.2) is 5.84 Å². The van der Waals surface area contributed by atoms with Gasteiger partial charge >= 0.3 is 5.69 Å². The van der Waals surface area contributed by atoms with E-state index >= 15 is 0 Å². The first-order valence-electron chi connectivity index (χ1n) is 6.10. The molecule has 0 radical (unpaired) electrons. The fraction of sp³-hybridized carbons (Fsp3) is 0.455. The van der Waals surface area contributed by atoms with Crippen LogP contribution in [-0.4, -0.2) is 40.2 Å². The molecule has 0 spiro atoms. The molecule has 1 saturated heterocycles. The summed E-state index contributed by atoms with van der Waals surface area (Å²) in [7, 11) is 0. The Bertz CT molecular complexity index is 528. The highest BCUT2D eigenvalue weighted by atomic mass is 16.6. The van der Waals surface area contributed by atoms with Crippen LogP contribution in [0.2, 0.25) is 0 Å². The van der Waals surface area contributed by atoms with Gasteiger partial charge < -0.3 is 21.0 Å². The Morgan fingerprint density at radius 2 is 2.50 bits per heavy atom. The summed E-state index contributed by atoms with van der Waals surface area (Å²) < 4.78 is 5.43. The Balaban J connectivity index is 2.19. The van der Waals surface area contributed by atoms with E-state index in [0.29, 0.717) is 13.2 Å². The van der Waals surface area contributed by atoms with Crippen LogP contribution < -0.4 is 11.1 Å². The number of hydrogen-bond donors (Lipinski definition) is 3. The Morgan fingerprint density at radius 1 is 1.70 bits per heavy atom. The van der Waals surface area contributed by atoms with E-state index in [-0.39, 0.29) is 29.1 Å². The highest BCUT2D eigenvalue weighted by Gasteiger charge is 2.20. The van der Waals surface area contributed by atoms with Gasteiger partial charge in [-0.1, -0.05) is 5.16 Å². The molecule has 1 aliphatic rings. The number of pyridine rings is 1. The summed E-state index contributed by atoms with van der Waals surface area (Å²) in [6.45, 7) is 1.12. The number of nitrogens with two attached hydrogens (primary N) is 1. The minimum atomic E-state index is -0.541. The molecule has 20 heavy (non-hydrogen) atoms. The molecule has 1 aromatic rings. The van der Waals surface area contributed by atoms with E-state index in [1.807, 2.05) is 0 Å². The zero-order chi connectivity index (χ0) is 14.5. The Morgan fingerprint density at radius 3 is 3.10 bits per heavy atom. The molecule has 1 aliphatic heterocycles. The minimum Gasteiger partial charge on any atom is -0.409 e. The molecule has 0 saturated carbocycles. The van der Waals surface area contributed by atoms with Crippen LogP contribution in [0.15, 0.2) is 17.3 Å². The van der Waals surface area contributed by atoms with Gasteiger partial charge in [-0.05, 0) is 18.9 Å². The van der Waals surface area contributed by atoms with Crippen molar-refractivity contribution < 1.29 is 14.9 Å². The van der Waals surface area contributed by atoms with Gasteiger partial charge in [0, 0.05) is 19.2 Å². The first kappa shape index (κ1) is 14.0. The molecule has 0 bridgehead atoms. The molecule has 4 N–H and O–H groups in total. The molecule has 1 atom stereocenters. The molecule has 9 heteroatoms. The van der Waals surface area contributed by atoms with Crippen molar-refractivity contribution in [3.63, 3.8) is 0 Å². The maximum Gasteiger partial charge on any atom is 0.311 e. The summed E-state index contributed by atoms with van der Waals surface area (Å²) >= 11 is 0. The molecule has 1 aromatic heterocycles. The predicted octanol–water partition coefficient (Wildman–Crippen LogP) is 0.675. The number of oxime groups is 1. The molecule has 108 valence electrons. The van der Waals surface area contributed by atoms with Crippen LogP contribution in [0.3, 0.4) is 0 Å². The van der Waals surface area contributed by atoms with E-state index < -0.39 is 4.92 Å². The number of anilines is 1. The maximum absolute atomic E-state index is 11.0. The topological polar surface area (TPSA) is 136 Å². The molecule has 2 rings (SSSR count). The second-order valence-corrected chi connectivity index (χ2v) is 4.32. The van der Waals surface area contributed by atoms with Gasteiger partial charge in [0.1, 0.15) is 5.69 Å². The predicted molar refractivity (Wildman–Crippen MR) is 70.9 cm³/mol. The Labute approximate surface area is 114 Å². The first-order chi connectivity index (χ1) is 9.61. The quantitative estimate of drug-likeness (QED) is 0.237. The number of nitrogens with one attached hydrogen (secondary N) is 1. The van der Waals surface area contributed by atoms with Crippen LogP contribution in [0.1, 0.15) is 18.5 Å². The van der Waals surface area contributed by atoms with E-state index in [9.17, 15) is 10.1 Å². The monoisotopic (exact) mass is 281 g/mol. The van der Waals surface area contributed by atoms with Gasteiger partial charge in [-0.2, -0.15) is 0 Å². The van der Waals surface area contributed by atoms with Crippen molar-refractivity contribution in [2.45, 2.75) is 18.9 Å². The molecule has 0 amide bonds. The maximum atomic E-state index is 11.0. The van der Waals surface area contributed by atoms with Gasteiger partial charge in [0.05, 0.1) is 11.0 Å². The number of rotatable bonds is 5. The third-order valence-corrected chi connectivity index (χ3v) is 2.96. The lowest BCUT2D eigenvalue weighted by molar-refractivity contribution is -0.384. The SMILES string of the molecule is NC(=NO)c1ccc([N+](=O)[O-])c(NC[C@H]2CCCO2)n1. The lowest BCUT2D eigenvalue weighted by atomic mass is 10.2. The number of ether oxygens (including phenoxy) is 1. The number of hydrogen-bond acceptors (Lipinski definition) is 7. The van der Waals surface area contributed by atoms with Crippen molar-refractivity contribution in [1.29, 1.82) is 0 Å². The fourth-order valence-electron chi connectivity index (χ4n) is 1.94. The lowest BCUT2D eigenvalue weighted by Crippen LogP contribution is -2.21. The van der Waals surface area contributed by atoms with E-state index in [4.69, 9.17) is 15.7 Å². The van der Waals surface area contributed by atoms with Gasteiger partial charge in [-0.3, -0.25) is 10.1 Å². The minimum absolute atomic E-state index is 0.0175. The molecule has 9 nitrogen and oxygen atoms in total. The summed E-state index contributed by atoms with van der Waals surface area (Å²) in [6.07, 6.45) is 1.90. The fourth-order valence-corrected chi connectivity index (χ4v) is 1.94. The van der Waals surface area contributed by atoms with Crippen LogP contribution in [-0.2, 0) is 4.74 Å². The second-order valence-electron chi connectivity index (χ2n) is 4.32. The number of amidine groups is 1. The zero-order valence-electron chi connectivity index (χ0n) is 10.7. The van der Waals surface area contributed by atoms with E-state index in [1.54, 1.807) is 0 Å². The summed E-state index contributed by atoms with van der Waals surface area (Å²) in [4.78, 5) is 14.4. The highest BCUT2D eigenvalue weighted by molar-refractivity contribution is 5.95. The van der Waals surface area contributed by atoms with E-state index in [2.05, 4.69) is 15.5 Å².